The van der Waals surface area contributed by atoms with Gasteiger partial charge in [-0.15, -0.1) is 0 Å². The van der Waals surface area contributed by atoms with Gasteiger partial charge in [-0.1, -0.05) is 20.8 Å². The maximum atomic E-state index is 8.60. The quantitative estimate of drug-likeness (QED) is 0.729. The zero-order chi connectivity index (χ0) is 12.0. The van der Waals surface area contributed by atoms with Gasteiger partial charge in [0.15, 0.2) is 0 Å². The molecule has 86 valence electrons. The van der Waals surface area contributed by atoms with E-state index < -0.39 is 0 Å². The van der Waals surface area contributed by atoms with Gasteiger partial charge in [-0.2, -0.15) is 5.26 Å². The summed E-state index contributed by atoms with van der Waals surface area (Å²) in [6.07, 6.45) is 3.67. The molecule has 1 aromatic rings. The van der Waals surface area contributed by atoms with Crippen molar-refractivity contribution in [2.24, 2.45) is 5.41 Å². The lowest BCUT2D eigenvalue weighted by Crippen LogP contribution is -2.08. The van der Waals surface area contributed by atoms with Gasteiger partial charge in [0.2, 0.25) is 5.88 Å². The van der Waals surface area contributed by atoms with Gasteiger partial charge in [0.05, 0.1) is 12.2 Å². The van der Waals surface area contributed by atoms with E-state index in [0.717, 1.165) is 12.8 Å². The summed E-state index contributed by atoms with van der Waals surface area (Å²) >= 11 is 0. The van der Waals surface area contributed by atoms with E-state index >= 15 is 0 Å². The average Bonchev–Trinajstić information content (AvgIpc) is 2.24. The summed E-state index contributed by atoms with van der Waals surface area (Å²) in [5.41, 5.74) is 0.906. The van der Waals surface area contributed by atoms with Crippen molar-refractivity contribution < 1.29 is 4.74 Å². The van der Waals surface area contributed by atoms with Crippen molar-refractivity contribution in [1.29, 1.82) is 5.26 Å². The van der Waals surface area contributed by atoms with Crippen LogP contribution < -0.4 is 4.74 Å². The molecule has 0 aliphatic carbocycles. The van der Waals surface area contributed by atoms with E-state index in [4.69, 9.17) is 10.00 Å². The van der Waals surface area contributed by atoms with Crippen molar-refractivity contribution in [3.63, 3.8) is 0 Å². The van der Waals surface area contributed by atoms with E-state index in [1.165, 1.54) is 6.20 Å². The second kappa shape index (κ2) is 5.50. The van der Waals surface area contributed by atoms with Crippen molar-refractivity contribution in [1.82, 2.24) is 4.98 Å². The van der Waals surface area contributed by atoms with Crippen LogP contribution in [0, 0.1) is 16.7 Å². The Morgan fingerprint density at radius 3 is 2.62 bits per heavy atom. The van der Waals surface area contributed by atoms with Gasteiger partial charge in [0.25, 0.3) is 0 Å². The van der Waals surface area contributed by atoms with Crippen LogP contribution in [0.3, 0.4) is 0 Å². The number of rotatable bonds is 4. The molecule has 3 nitrogen and oxygen atoms in total. The molecule has 0 atom stereocenters. The molecule has 0 aliphatic heterocycles. The van der Waals surface area contributed by atoms with Crippen LogP contribution in [0.1, 0.15) is 39.2 Å². The molecule has 0 N–H and O–H groups in total. The standard InChI is InChI=1S/C13H18N2O/c1-13(2,3)7-4-8-16-12-6-5-11(9-14)10-15-12/h5-6,10H,4,7-8H2,1-3H3. The second-order valence-corrected chi connectivity index (χ2v) is 5.01. The average molecular weight is 218 g/mol. The molecule has 0 fully saturated rings. The molecule has 0 bridgehead atoms. The zero-order valence-electron chi connectivity index (χ0n) is 10.2. The number of hydrogen-bond acceptors (Lipinski definition) is 3. The molecule has 16 heavy (non-hydrogen) atoms. The van der Waals surface area contributed by atoms with Gasteiger partial charge in [0.1, 0.15) is 6.07 Å². The minimum Gasteiger partial charge on any atom is -0.478 e. The van der Waals surface area contributed by atoms with Crippen molar-refractivity contribution in [3.8, 4) is 11.9 Å². The van der Waals surface area contributed by atoms with Crippen molar-refractivity contribution in [2.75, 3.05) is 6.61 Å². The molecule has 0 radical (unpaired) electrons. The van der Waals surface area contributed by atoms with Crippen molar-refractivity contribution in [2.45, 2.75) is 33.6 Å². The van der Waals surface area contributed by atoms with E-state index in [2.05, 4.69) is 25.8 Å². The Kier molecular flexibility index (Phi) is 4.30. The summed E-state index contributed by atoms with van der Waals surface area (Å²) in [6.45, 7) is 7.32. The summed E-state index contributed by atoms with van der Waals surface area (Å²) in [6, 6.07) is 5.47. The highest BCUT2D eigenvalue weighted by atomic mass is 16.5. The fraction of sp³-hybridized carbons (Fsp3) is 0.538. The largest absolute Gasteiger partial charge is 0.478 e. The SMILES string of the molecule is CC(C)(C)CCCOc1ccc(C#N)cn1. The van der Waals surface area contributed by atoms with Gasteiger partial charge in [-0.3, -0.25) is 0 Å². The molecular weight excluding hydrogens is 200 g/mol. The van der Waals surface area contributed by atoms with E-state index in [-0.39, 0.29) is 0 Å². The summed E-state index contributed by atoms with van der Waals surface area (Å²) in [5, 5.41) is 8.60. The van der Waals surface area contributed by atoms with Gasteiger partial charge >= 0.3 is 0 Å². The molecule has 0 saturated carbocycles. The molecule has 0 amide bonds. The molecule has 0 aliphatic rings. The molecular formula is C13H18N2O. The normalized spacial score (nSPS) is 10.9. The highest BCUT2D eigenvalue weighted by molar-refractivity contribution is 5.28. The van der Waals surface area contributed by atoms with Crippen LogP contribution in [0.5, 0.6) is 5.88 Å². The Morgan fingerprint density at radius 1 is 1.38 bits per heavy atom. The first-order valence-corrected chi connectivity index (χ1v) is 5.50. The van der Waals surface area contributed by atoms with Gasteiger partial charge in [-0.25, -0.2) is 4.98 Å². The molecule has 1 aromatic heterocycles. The maximum Gasteiger partial charge on any atom is 0.213 e. The first-order chi connectivity index (χ1) is 7.51. The summed E-state index contributed by atoms with van der Waals surface area (Å²) < 4.78 is 5.48. The fourth-order valence-electron chi connectivity index (χ4n) is 1.31. The minimum absolute atomic E-state index is 0.349. The third kappa shape index (κ3) is 4.79. The Balaban J connectivity index is 2.30. The number of aromatic nitrogens is 1. The zero-order valence-corrected chi connectivity index (χ0v) is 10.2. The number of pyridine rings is 1. The Hall–Kier alpha value is -1.56. The second-order valence-electron chi connectivity index (χ2n) is 5.01. The lowest BCUT2D eigenvalue weighted by molar-refractivity contribution is 0.262. The van der Waals surface area contributed by atoms with Crippen molar-refractivity contribution >= 4 is 0 Å². The van der Waals surface area contributed by atoms with Crippen LogP contribution in [0.25, 0.3) is 0 Å². The molecule has 0 saturated heterocycles. The van der Waals surface area contributed by atoms with Gasteiger partial charge in [0, 0.05) is 12.3 Å². The van der Waals surface area contributed by atoms with Crippen LogP contribution in [-0.4, -0.2) is 11.6 Å². The van der Waals surface area contributed by atoms with E-state index in [1.807, 2.05) is 6.07 Å². The molecule has 3 heteroatoms. The van der Waals surface area contributed by atoms with E-state index in [9.17, 15) is 0 Å². The lowest BCUT2D eigenvalue weighted by Gasteiger charge is -2.17. The predicted molar refractivity (Wildman–Crippen MR) is 63.1 cm³/mol. The summed E-state index contributed by atoms with van der Waals surface area (Å²) in [7, 11) is 0. The van der Waals surface area contributed by atoms with Gasteiger partial charge < -0.3 is 4.74 Å². The third-order valence-corrected chi connectivity index (χ3v) is 2.19. The van der Waals surface area contributed by atoms with Crippen LogP contribution in [0.4, 0.5) is 0 Å². The van der Waals surface area contributed by atoms with Crippen LogP contribution in [0.2, 0.25) is 0 Å². The topological polar surface area (TPSA) is 45.9 Å². The van der Waals surface area contributed by atoms with Crippen LogP contribution >= 0.6 is 0 Å². The van der Waals surface area contributed by atoms with Crippen LogP contribution in [0.15, 0.2) is 18.3 Å². The fourth-order valence-corrected chi connectivity index (χ4v) is 1.31. The molecule has 1 rings (SSSR count). The van der Waals surface area contributed by atoms with Gasteiger partial charge in [-0.05, 0) is 24.3 Å². The Bertz CT molecular complexity index is 357. The Morgan fingerprint density at radius 2 is 2.12 bits per heavy atom. The maximum absolute atomic E-state index is 8.60. The van der Waals surface area contributed by atoms with Crippen molar-refractivity contribution in [3.05, 3.63) is 23.9 Å². The first kappa shape index (κ1) is 12.5. The molecule has 0 unspecified atom stereocenters. The minimum atomic E-state index is 0.349. The van der Waals surface area contributed by atoms with E-state index in [0.29, 0.717) is 23.5 Å². The molecule has 1 heterocycles. The first-order valence-electron chi connectivity index (χ1n) is 5.50. The monoisotopic (exact) mass is 218 g/mol. The summed E-state index contributed by atoms with van der Waals surface area (Å²) in [5.74, 6) is 0.591. The Labute approximate surface area is 97.1 Å². The van der Waals surface area contributed by atoms with E-state index in [1.54, 1.807) is 12.1 Å². The highest BCUT2D eigenvalue weighted by Crippen LogP contribution is 2.20. The number of nitrogens with zero attached hydrogens (tertiary/aromatic N) is 2. The molecule has 0 spiro atoms. The number of nitriles is 1. The number of hydrogen-bond donors (Lipinski definition) is 0. The highest BCUT2D eigenvalue weighted by Gasteiger charge is 2.09. The number of ether oxygens (including phenoxy) is 1. The molecule has 0 aromatic carbocycles. The third-order valence-electron chi connectivity index (χ3n) is 2.19. The predicted octanol–water partition coefficient (Wildman–Crippen LogP) is 3.16. The smallest absolute Gasteiger partial charge is 0.213 e. The van der Waals surface area contributed by atoms with Crippen LogP contribution in [-0.2, 0) is 0 Å². The lowest BCUT2D eigenvalue weighted by atomic mass is 9.91. The summed E-state index contributed by atoms with van der Waals surface area (Å²) in [4.78, 5) is 4.04.